The van der Waals surface area contributed by atoms with E-state index in [9.17, 15) is 4.79 Å². The average Bonchev–Trinajstić information content (AvgIpc) is 3.25. The highest BCUT2D eigenvalue weighted by molar-refractivity contribution is 5.73. The molecule has 8 heteroatoms. The fraction of sp³-hybridized carbons (Fsp3) is 0.118. The minimum absolute atomic E-state index is 0.182. The standard InChI is InChI=1S/C17H14N4O4/c1-23-12-4-2-3-11(8-12)18-20-16-15(19-21-17(16)22)10-5-6-13-14(7-10)25-9-24-13/h2-8H,9H2,1H3,(H2,19,21,22). The van der Waals surface area contributed by atoms with Crippen molar-refractivity contribution in [3.63, 3.8) is 0 Å². The van der Waals surface area contributed by atoms with Crippen LogP contribution < -0.4 is 19.8 Å². The van der Waals surface area contributed by atoms with Gasteiger partial charge in [-0.2, -0.15) is 5.11 Å². The largest absolute Gasteiger partial charge is 0.497 e. The van der Waals surface area contributed by atoms with Crippen LogP contribution in [0.5, 0.6) is 17.2 Å². The number of aromatic nitrogens is 2. The predicted molar refractivity (Wildman–Crippen MR) is 90.1 cm³/mol. The highest BCUT2D eigenvalue weighted by atomic mass is 16.7. The lowest BCUT2D eigenvalue weighted by molar-refractivity contribution is 0.174. The van der Waals surface area contributed by atoms with Crippen molar-refractivity contribution in [1.29, 1.82) is 0 Å². The predicted octanol–water partition coefficient (Wildman–Crippen LogP) is 3.52. The number of methoxy groups -OCH3 is 1. The molecule has 3 aromatic rings. The molecule has 0 spiro atoms. The van der Waals surface area contributed by atoms with E-state index in [4.69, 9.17) is 14.2 Å². The van der Waals surface area contributed by atoms with Gasteiger partial charge in [-0.05, 0) is 30.3 Å². The number of hydrogen-bond donors (Lipinski definition) is 2. The van der Waals surface area contributed by atoms with Crippen molar-refractivity contribution in [2.75, 3.05) is 13.9 Å². The first-order valence-corrected chi connectivity index (χ1v) is 7.51. The number of benzene rings is 2. The van der Waals surface area contributed by atoms with Crippen LogP contribution >= 0.6 is 0 Å². The molecule has 0 saturated heterocycles. The third kappa shape index (κ3) is 2.85. The summed E-state index contributed by atoms with van der Waals surface area (Å²) in [5.74, 6) is 1.95. The lowest BCUT2D eigenvalue weighted by Gasteiger charge is -2.01. The van der Waals surface area contributed by atoms with Gasteiger partial charge in [0.25, 0.3) is 5.56 Å². The highest BCUT2D eigenvalue weighted by Crippen LogP contribution is 2.37. The van der Waals surface area contributed by atoms with Gasteiger partial charge in [-0.3, -0.25) is 15.0 Å². The summed E-state index contributed by atoms with van der Waals surface area (Å²) in [7, 11) is 1.57. The number of ether oxygens (including phenoxy) is 3. The second-order valence-electron chi connectivity index (χ2n) is 5.27. The van der Waals surface area contributed by atoms with E-state index in [2.05, 4.69) is 20.4 Å². The Kier molecular flexibility index (Phi) is 3.70. The molecule has 2 N–H and O–H groups in total. The Morgan fingerprint density at radius 2 is 1.92 bits per heavy atom. The van der Waals surface area contributed by atoms with Gasteiger partial charge in [0, 0.05) is 11.6 Å². The number of hydrogen-bond acceptors (Lipinski definition) is 6. The molecule has 0 fully saturated rings. The number of H-pyrrole nitrogens is 2. The molecule has 8 nitrogen and oxygen atoms in total. The molecule has 1 aliphatic heterocycles. The number of nitrogens with one attached hydrogen (secondary N) is 2. The molecule has 2 aromatic carbocycles. The maximum atomic E-state index is 12.1. The first-order valence-electron chi connectivity index (χ1n) is 7.51. The van der Waals surface area contributed by atoms with Crippen LogP contribution in [-0.4, -0.2) is 24.1 Å². The summed E-state index contributed by atoms with van der Waals surface area (Å²) in [4.78, 5) is 12.1. The number of rotatable bonds is 4. The Balaban J connectivity index is 1.70. The second kappa shape index (κ2) is 6.16. The van der Waals surface area contributed by atoms with Crippen molar-refractivity contribution in [3.05, 3.63) is 52.8 Å². The van der Waals surface area contributed by atoms with E-state index in [0.717, 1.165) is 5.56 Å². The minimum atomic E-state index is -0.362. The Morgan fingerprint density at radius 3 is 2.80 bits per heavy atom. The Morgan fingerprint density at radius 1 is 1.04 bits per heavy atom. The van der Waals surface area contributed by atoms with Gasteiger partial charge in [0.1, 0.15) is 5.75 Å². The van der Waals surface area contributed by atoms with E-state index in [-0.39, 0.29) is 18.0 Å². The number of aromatic amines is 2. The summed E-state index contributed by atoms with van der Waals surface area (Å²) in [6, 6.07) is 12.5. The van der Waals surface area contributed by atoms with Crippen molar-refractivity contribution in [1.82, 2.24) is 10.2 Å². The lowest BCUT2D eigenvalue weighted by Crippen LogP contribution is -1.96. The van der Waals surface area contributed by atoms with Crippen molar-refractivity contribution < 1.29 is 14.2 Å². The van der Waals surface area contributed by atoms with Crippen LogP contribution in [0.3, 0.4) is 0 Å². The van der Waals surface area contributed by atoms with Gasteiger partial charge >= 0.3 is 0 Å². The van der Waals surface area contributed by atoms with Crippen LogP contribution in [0.2, 0.25) is 0 Å². The molecule has 0 saturated carbocycles. The summed E-state index contributed by atoms with van der Waals surface area (Å²) in [6.45, 7) is 0.185. The van der Waals surface area contributed by atoms with E-state index in [0.29, 0.717) is 28.6 Å². The molecular weight excluding hydrogens is 324 g/mol. The van der Waals surface area contributed by atoms with E-state index in [1.54, 1.807) is 43.5 Å². The van der Waals surface area contributed by atoms with Crippen LogP contribution in [0.1, 0.15) is 0 Å². The van der Waals surface area contributed by atoms with Gasteiger partial charge in [0.05, 0.1) is 18.5 Å². The molecule has 0 atom stereocenters. The summed E-state index contributed by atoms with van der Waals surface area (Å²) in [5, 5.41) is 13.6. The van der Waals surface area contributed by atoms with Crippen LogP contribution in [0, 0.1) is 0 Å². The summed E-state index contributed by atoms with van der Waals surface area (Å²) < 4.78 is 15.8. The summed E-state index contributed by atoms with van der Waals surface area (Å²) in [5.41, 5.74) is 1.66. The van der Waals surface area contributed by atoms with Gasteiger partial charge < -0.3 is 14.2 Å². The van der Waals surface area contributed by atoms with Crippen molar-refractivity contribution in [2.24, 2.45) is 10.2 Å². The fourth-order valence-corrected chi connectivity index (χ4v) is 2.49. The second-order valence-corrected chi connectivity index (χ2v) is 5.27. The summed E-state index contributed by atoms with van der Waals surface area (Å²) >= 11 is 0. The van der Waals surface area contributed by atoms with Gasteiger partial charge in [0.15, 0.2) is 17.2 Å². The maximum Gasteiger partial charge on any atom is 0.292 e. The van der Waals surface area contributed by atoms with Crippen molar-refractivity contribution in [2.45, 2.75) is 0 Å². The molecule has 0 aliphatic carbocycles. The van der Waals surface area contributed by atoms with Crippen LogP contribution in [0.25, 0.3) is 11.3 Å². The van der Waals surface area contributed by atoms with Crippen LogP contribution in [-0.2, 0) is 0 Å². The summed E-state index contributed by atoms with van der Waals surface area (Å²) in [6.07, 6.45) is 0. The minimum Gasteiger partial charge on any atom is -0.497 e. The monoisotopic (exact) mass is 338 g/mol. The van der Waals surface area contributed by atoms with Gasteiger partial charge in [-0.1, -0.05) is 6.07 Å². The first kappa shape index (κ1) is 15.0. The zero-order valence-electron chi connectivity index (χ0n) is 13.3. The third-order valence-electron chi connectivity index (χ3n) is 3.73. The molecule has 0 unspecified atom stereocenters. The molecule has 2 heterocycles. The Labute approximate surface area is 142 Å². The van der Waals surface area contributed by atoms with E-state index >= 15 is 0 Å². The molecule has 1 aliphatic rings. The van der Waals surface area contributed by atoms with Crippen LogP contribution in [0.4, 0.5) is 11.4 Å². The van der Waals surface area contributed by atoms with E-state index in [1.165, 1.54) is 0 Å². The normalized spacial score (nSPS) is 12.7. The zero-order valence-corrected chi connectivity index (χ0v) is 13.3. The van der Waals surface area contributed by atoms with Gasteiger partial charge in [-0.15, -0.1) is 5.11 Å². The molecular formula is C17H14N4O4. The fourth-order valence-electron chi connectivity index (χ4n) is 2.49. The van der Waals surface area contributed by atoms with Gasteiger partial charge in [0.2, 0.25) is 6.79 Å². The average molecular weight is 338 g/mol. The first-order chi connectivity index (χ1) is 12.2. The molecule has 1 aromatic heterocycles. The highest BCUT2D eigenvalue weighted by Gasteiger charge is 2.17. The van der Waals surface area contributed by atoms with Crippen LogP contribution in [0.15, 0.2) is 57.5 Å². The SMILES string of the molecule is COc1cccc(N=Nc2c(-c3ccc4c(c3)OCO4)[nH][nH]c2=O)c1. The lowest BCUT2D eigenvalue weighted by atomic mass is 10.1. The molecule has 4 rings (SSSR count). The molecule has 25 heavy (non-hydrogen) atoms. The smallest absolute Gasteiger partial charge is 0.292 e. The Bertz CT molecular complexity index is 1010. The number of nitrogens with zero attached hydrogens (tertiary/aromatic N) is 2. The van der Waals surface area contributed by atoms with Gasteiger partial charge in [-0.25, -0.2) is 0 Å². The quantitative estimate of drug-likeness (QED) is 0.711. The molecule has 0 amide bonds. The third-order valence-corrected chi connectivity index (χ3v) is 3.73. The molecule has 0 radical (unpaired) electrons. The van der Waals surface area contributed by atoms with Crippen molar-refractivity contribution >= 4 is 11.4 Å². The molecule has 0 bridgehead atoms. The van der Waals surface area contributed by atoms with E-state index < -0.39 is 0 Å². The zero-order chi connectivity index (χ0) is 17.2. The van der Waals surface area contributed by atoms with E-state index in [1.807, 2.05) is 6.07 Å². The van der Waals surface area contributed by atoms with Crippen molar-refractivity contribution in [3.8, 4) is 28.5 Å². The maximum absolute atomic E-state index is 12.1. The topological polar surface area (TPSA) is 101 Å². The number of azo groups is 1. The Hall–Kier alpha value is -3.55. The number of fused-ring (bicyclic) bond motifs is 1. The molecule has 126 valence electrons.